The molecular formula is C20H25NO6. The molecule has 0 radical (unpaired) electrons. The fourth-order valence-corrected chi connectivity index (χ4v) is 2.87. The number of piperidine rings is 1. The van der Waals surface area contributed by atoms with Gasteiger partial charge >= 0.3 is 11.9 Å². The Hall–Kier alpha value is -2.83. The molecule has 0 aromatic heterocycles. The van der Waals surface area contributed by atoms with Crippen LogP contribution in [-0.2, 0) is 23.9 Å². The van der Waals surface area contributed by atoms with Gasteiger partial charge in [0.25, 0.3) is 5.91 Å². The largest absolute Gasteiger partial charge is 0.493 e. The number of amides is 1. The lowest BCUT2D eigenvalue weighted by Crippen LogP contribution is -2.42. The summed E-state index contributed by atoms with van der Waals surface area (Å²) in [5.74, 6) is -0.608. The normalized spacial score (nSPS) is 14.8. The summed E-state index contributed by atoms with van der Waals surface area (Å²) in [6, 6.07) is 7.33. The van der Waals surface area contributed by atoms with Crippen LogP contribution in [0.1, 0.15) is 25.3 Å². The molecule has 1 aliphatic heterocycles. The third-order valence-electron chi connectivity index (χ3n) is 4.34. The highest BCUT2D eigenvalue weighted by Crippen LogP contribution is 2.20. The van der Waals surface area contributed by atoms with Crippen LogP contribution in [0.25, 0.3) is 6.08 Å². The summed E-state index contributed by atoms with van der Waals surface area (Å²) in [5.41, 5.74) is 0.757. The molecule has 1 aromatic rings. The maximum absolute atomic E-state index is 12.2. The number of carbonyl (C=O) groups excluding carboxylic acids is 3. The molecule has 0 saturated carbocycles. The van der Waals surface area contributed by atoms with Crippen molar-refractivity contribution < 1.29 is 28.6 Å². The summed E-state index contributed by atoms with van der Waals surface area (Å²) in [6.07, 6.45) is 3.98. The molecule has 0 spiro atoms. The zero-order valence-corrected chi connectivity index (χ0v) is 15.7. The highest BCUT2D eigenvalue weighted by Gasteiger charge is 2.28. The maximum atomic E-state index is 12.2. The van der Waals surface area contributed by atoms with Crippen LogP contribution in [-0.4, -0.2) is 56.2 Å². The van der Waals surface area contributed by atoms with Crippen molar-refractivity contribution in [2.45, 2.75) is 19.8 Å². The van der Waals surface area contributed by atoms with E-state index in [4.69, 9.17) is 14.2 Å². The lowest BCUT2D eigenvalue weighted by molar-refractivity contribution is -0.151. The zero-order valence-electron chi connectivity index (χ0n) is 15.7. The van der Waals surface area contributed by atoms with Gasteiger partial charge in [0.2, 0.25) is 0 Å². The summed E-state index contributed by atoms with van der Waals surface area (Å²) in [7, 11) is 1.36. The number of ether oxygens (including phenoxy) is 3. The molecule has 0 atom stereocenters. The summed E-state index contributed by atoms with van der Waals surface area (Å²) >= 11 is 0. The highest BCUT2D eigenvalue weighted by atomic mass is 16.5. The summed E-state index contributed by atoms with van der Waals surface area (Å²) in [4.78, 5) is 37.1. The molecule has 0 aliphatic carbocycles. The molecule has 0 unspecified atom stereocenters. The Morgan fingerprint density at radius 3 is 2.56 bits per heavy atom. The Morgan fingerprint density at radius 2 is 1.89 bits per heavy atom. The average Bonchev–Trinajstić information content (AvgIpc) is 2.71. The third-order valence-corrected chi connectivity index (χ3v) is 4.34. The third kappa shape index (κ3) is 6.13. The van der Waals surface area contributed by atoms with Crippen LogP contribution in [0.15, 0.2) is 30.3 Å². The van der Waals surface area contributed by atoms with Gasteiger partial charge in [-0.3, -0.25) is 9.59 Å². The van der Waals surface area contributed by atoms with Gasteiger partial charge < -0.3 is 19.1 Å². The average molecular weight is 375 g/mol. The number of esters is 2. The molecule has 7 heteroatoms. The second-order valence-corrected chi connectivity index (χ2v) is 6.09. The second kappa shape index (κ2) is 10.4. The lowest BCUT2D eigenvalue weighted by Gasteiger charge is -2.30. The molecule has 27 heavy (non-hydrogen) atoms. The van der Waals surface area contributed by atoms with E-state index in [0.29, 0.717) is 38.3 Å². The number of rotatable bonds is 7. The van der Waals surface area contributed by atoms with E-state index in [-0.39, 0.29) is 24.4 Å². The van der Waals surface area contributed by atoms with Gasteiger partial charge in [-0.15, -0.1) is 0 Å². The molecule has 1 fully saturated rings. The quantitative estimate of drug-likeness (QED) is 0.536. The summed E-state index contributed by atoms with van der Waals surface area (Å²) in [5, 5.41) is 0. The number of para-hydroxylation sites is 1. The van der Waals surface area contributed by atoms with E-state index < -0.39 is 5.97 Å². The first kappa shape index (κ1) is 20.5. The minimum atomic E-state index is -0.598. The van der Waals surface area contributed by atoms with Crippen molar-refractivity contribution in [2.24, 2.45) is 5.92 Å². The van der Waals surface area contributed by atoms with E-state index in [0.717, 1.165) is 5.56 Å². The second-order valence-electron chi connectivity index (χ2n) is 6.09. The Morgan fingerprint density at radius 1 is 1.19 bits per heavy atom. The van der Waals surface area contributed by atoms with Crippen LogP contribution in [0.2, 0.25) is 0 Å². The van der Waals surface area contributed by atoms with Crippen molar-refractivity contribution in [1.82, 2.24) is 4.90 Å². The number of hydrogen-bond acceptors (Lipinski definition) is 6. The molecule has 0 N–H and O–H groups in total. The first-order valence-corrected chi connectivity index (χ1v) is 8.97. The highest BCUT2D eigenvalue weighted by molar-refractivity contribution is 5.89. The van der Waals surface area contributed by atoms with Gasteiger partial charge in [-0.1, -0.05) is 18.2 Å². The van der Waals surface area contributed by atoms with Crippen LogP contribution < -0.4 is 4.74 Å². The van der Waals surface area contributed by atoms with Gasteiger partial charge in [-0.2, -0.15) is 0 Å². The smallest absolute Gasteiger partial charge is 0.331 e. The van der Waals surface area contributed by atoms with Gasteiger partial charge in [0.15, 0.2) is 6.61 Å². The lowest BCUT2D eigenvalue weighted by atomic mass is 9.97. The predicted molar refractivity (Wildman–Crippen MR) is 98.9 cm³/mol. The van der Waals surface area contributed by atoms with Gasteiger partial charge in [-0.05, 0) is 31.9 Å². The molecule has 1 saturated heterocycles. The molecule has 7 nitrogen and oxygen atoms in total. The fourth-order valence-electron chi connectivity index (χ4n) is 2.87. The van der Waals surface area contributed by atoms with E-state index in [1.807, 2.05) is 31.2 Å². The van der Waals surface area contributed by atoms with Crippen LogP contribution in [0.5, 0.6) is 5.75 Å². The molecule has 1 aromatic carbocycles. The summed E-state index contributed by atoms with van der Waals surface area (Å²) < 4.78 is 15.2. The topological polar surface area (TPSA) is 82.1 Å². The fraction of sp³-hybridized carbons (Fsp3) is 0.450. The molecule has 1 amide bonds. The van der Waals surface area contributed by atoms with E-state index in [1.165, 1.54) is 13.2 Å². The Kier molecular flexibility index (Phi) is 7.85. The van der Waals surface area contributed by atoms with Crippen LogP contribution in [0.4, 0.5) is 0 Å². The Balaban J connectivity index is 1.79. The van der Waals surface area contributed by atoms with Gasteiger partial charge in [-0.25, -0.2) is 4.79 Å². The number of carbonyl (C=O) groups is 3. The van der Waals surface area contributed by atoms with Crippen molar-refractivity contribution >= 4 is 23.9 Å². The van der Waals surface area contributed by atoms with Crippen LogP contribution in [0, 0.1) is 5.92 Å². The monoisotopic (exact) mass is 375 g/mol. The summed E-state index contributed by atoms with van der Waals surface area (Å²) in [6.45, 7) is 2.99. The Bertz CT molecular complexity index is 691. The van der Waals surface area contributed by atoms with E-state index in [1.54, 1.807) is 11.0 Å². The molecule has 2 rings (SSSR count). The van der Waals surface area contributed by atoms with Crippen LogP contribution in [0.3, 0.4) is 0 Å². The number of benzene rings is 1. The molecule has 1 heterocycles. The molecule has 1 aliphatic rings. The minimum Gasteiger partial charge on any atom is -0.493 e. The van der Waals surface area contributed by atoms with Crippen molar-refractivity contribution in [3.8, 4) is 5.75 Å². The van der Waals surface area contributed by atoms with Crippen molar-refractivity contribution in [1.29, 1.82) is 0 Å². The number of likely N-dealkylation sites (tertiary alicyclic amines) is 1. The zero-order chi connectivity index (χ0) is 19.6. The van der Waals surface area contributed by atoms with Gasteiger partial charge in [0.1, 0.15) is 5.75 Å². The number of nitrogens with zero attached hydrogens (tertiary/aromatic N) is 1. The number of hydrogen-bond donors (Lipinski definition) is 0. The van der Waals surface area contributed by atoms with E-state index in [9.17, 15) is 14.4 Å². The van der Waals surface area contributed by atoms with Crippen molar-refractivity contribution in [2.75, 3.05) is 33.4 Å². The van der Waals surface area contributed by atoms with Gasteiger partial charge in [0.05, 0.1) is 19.6 Å². The predicted octanol–water partition coefficient (Wildman–Crippen LogP) is 2.05. The molecular weight excluding hydrogens is 350 g/mol. The molecule has 0 bridgehead atoms. The first-order valence-electron chi connectivity index (χ1n) is 8.97. The van der Waals surface area contributed by atoms with E-state index in [2.05, 4.69) is 0 Å². The SMILES string of the molecule is CCOc1ccccc1C=CC(=O)OCC(=O)N1CCC(C(=O)OC)CC1. The Labute approximate surface area is 158 Å². The minimum absolute atomic E-state index is 0.171. The standard InChI is InChI=1S/C20H25NO6/c1-3-26-17-7-5-4-6-15(17)8-9-19(23)27-14-18(22)21-12-10-16(11-13-21)20(24)25-2/h4-9,16H,3,10-14H2,1-2H3. The van der Waals surface area contributed by atoms with Crippen molar-refractivity contribution in [3.05, 3.63) is 35.9 Å². The van der Waals surface area contributed by atoms with Crippen LogP contribution >= 0.6 is 0 Å². The maximum Gasteiger partial charge on any atom is 0.331 e. The van der Waals surface area contributed by atoms with Gasteiger partial charge in [0, 0.05) is 24.7 Å². The first-order chi connectivity index (χ1) is 13.0. The number of methoxy groups -OCH3 is 1. The van der Waals surface area contributed by atoms with E-state index >= 15 is 0 Å². The van der Waals surface area contributed by atoms with Crippen molar-refractivity contribution in [3.63, 3.8) is 0 Å². The molecule has 146 valence electrons.